The molecular weight excluding hydrogens is 198 g/mol. The van der Waals surface area contributed by atoms with Crippen LogP contribution < -0.4 is 0 Å². The van der Waals surface area contributed by atoms with Crippen molar-refractivity contribution in [2.45, 2.75) is 20.3 Å². The molecule has 2 nitrogen and oxygen atoms in total. The van der Waals surface area contributed by atoms with Crippen LogP contribution in [0.15, 0.2) is 30.3 Å². The molecule has 16 heavy (non-hydrogen) atoms. The lowest BCUT2D eigenvalue weighted by atomic mass is 9.98. The molecule has 0 radical (unpaired) electrons. The Morgan fingerprint density at radius 2 is 1.88 bits per heavy atom. The molecule has 2 heteroatoms. The van der Waals surface area contributed by atoms with Crippen molar-refractivity contribution in [3.8, 4) is 0 Å². The summed E-state index contributed by atoms with van der Waals surface area (Å²) in [5.41, 5.74) is 3.22. The molecule has 0 N–H and O–H groups in total. The third-order valence-corrected chi connectivity index (χ3v) is 3.11. The van der Waals surface area contributed by atoms with Crippen molar-refractivity contribution in [3.05, 3.63) is 41.5 Å². The van der Waals surface area contributed by atoms with Gasteiger partial charge in [0.2, 0.25) is 0 Å². The second kappa shape index (κ2) is 4.52. The molecule has 0 atom stereocenters. The Bertz CT molecular complexity index is 434. The summed E-state index contributed by atoms with van der Waals surface area (Å²) in [5, 5.41) is 0. The van der Waals surface area contributed by atoms with Crippen LogP contribution in [-0.2, 0) is 0 Å². The normalized spacial score (nSPS) is 15.5. The Balaban J connectivity index is 2.54. The molecule has 1 aromatic rings. The van der Waals surface area contributed by atoms with E-state index in [0.717, 1.165) is 30.6 Å². The van der Waals surface area contributed by atoms with Gasteiger partial charge >= 0.3 is 0 Å². The van der Waals surface area contributed by atoms with Crippen LogP contribution in [-0.4, -0.2) is 23.9 Å². The van der Waals surface area contributed by atoms with Crippen molar-refractivity contribution in [1.29, 1.82) is 0 Å². The number of allylic oxidation sites excluding steroid dienone is 1. The smallest absolute Gasteiger partial charge is 0.254 e. The fourth-order valence-corrected chi connectivity index (χ4v) is 2.14. The molecule has 0 spiro atoms. The van der Waals surface area contributed by atoms with Gasteiger partial charge in [0.05, 0.1) is 0 Å². The van der Waals surface area contributed by atoms with Crippen LogP contribution in [0.4, 0.5) is 0 Å². The summed E-state index contributed by atoms with van der Waals surface area (Å²) in [6, 6.07) is 7.90. The van der Waals surface area contributed by atoms with Gasteiger partial charge in [-0.25, -0.2) is 0 Å². The Morgan fingerprint density at radius 1 is 1.19 bits per heavy atom. The van der Waals surface area contributed by atoms with Gasteiger partial charge in [-0.2, -0.15) is 0 Å². The second-order valence-corrected chi connectivity index (χ2v) is 3.97. The standard InChI is InChI=1S/C14H17NO/c1-3-11-9-10-15(4-2)14(16)13-8-6-5-7-12(11)13/h5-9H,3-4,10H2,1-2H3. The zero-order valence-electron chi connectivity index (χ0n) is 9.86. The van der Waals surface area contributed by atoms with E-state index in [4.69, 9.17) is 0 Å². The van der Waals surface area contributed by atoms with E-state index in [9.17, 15) is 4.79 Å². The van der Waals surface area contributed by atoms with Gasteiger partial charge in [-0.3, -0.25) is 4.79 Å². The molecule has 0 aliphatic carbocycles. The number of amides is 1. The molecule has 2 rings (SSSR count). The molecule has 0 unspecified atom stereocenters. The average molecular weight is 215 g/mol. The average Bonchev–Trinajstić information content (AvgIpc) is 2.47. The van der Waals surface area contributed by atoms with Gasteiger partial charge in [0.25, 0.3) is 5.91 Å². The molecule has 0 saturated carbocycles. The van der Waals surface area contributed by atoms with Crippen LogP contribution in [0.2, 0.25) is 0 Å². The lowest BCUT2D eigenvalue weighted by Crippen LogP contribution is -2.30. The van der Waals surface area contributed by atoms with Crippen molar-refractivity contribution in [2.24, 2.45) is 0 Å². The van der Waals surface area contributed by atoms with E-state index in [1.807, 2.05) is 36.1 Å². The van der Waals surface area contributed by atoms with Crippen LogP contribution in [0.25, 0.3) is 5.57 Å². The first-order valence-electron chi connectivity index (χ1n) is 5.85. The first-order valence-corrected chi connectivity index (χ1v) is 5.85. The second-order valence-electron chi connectivity index (χ2n) is 3.97. The fraction of sp³-hybridized carbons (Fsp3) is 0.357. The predicted molar refractivity (Wildman–Crippen MR) is 66.3 cm³/mol. The minimum Gasteiger partial charge on any atom is -0.335 e. The minimum atomic E-state index is 0.151. The fourth-order valence-electron chi connectivity index (χ4n) is 2.14. The largest absolute Gasteiger partial charge is 0.335 e. The molecule has 1 amide bonds. The summed E-state index contributed by atoms with van der Waals surface area (Å²) >= 11 is 0. The first-order chi connectivity index (χ1) is 7.77. The van der Waals surface area contributed by atoms with Crippen LogP contribution in [0.5, 0.6) is 0 Å². The van der Waals surface area contributed by atoms with E-state index < -0.39 is 0 Å². The van der Waals surface area contributed by atoms with Gasteiger partial charge in [-0.1, -0.05) is 31.2 Å². The highest BCUT2D eigenvalue weighted by Crippen LogP contribution is 2.25. The number of carbonyl (C=O) groups excluding carboxylic acids is 1. The van der Waals surface area contributed by atoms with Crippen molar-refractivity contribution in [3.63, 3.8) is 0 Å². The maximum Gasteiger partial charge on any atom is 0.254 e. The molecule has 1 aliphatic rings. The summed E-state index contributed by atoms with van der Waals surface area (Å²) in [6.07, 6.45) is 3.15. The number of fused-ring (bicyclic) bond motifs is 1. The number of carbonyl (C=O) groups is 1. The van der Waals surface area contributed by atoms with Crippen molar-refractivity contribution >= 4 is 11.5 Å². The quantitative estimate of drug-likeness (QED) is 0.742. The maximum atomic E-state index is 12.2. The molecule has 0 saturated heterocycles. The maximum absolute atomic E-state index is 12.2. The van der Waals surface area contributed by atoms with Crippen molar-refractivity contribution in [2.75, 3.05) is 13.1 Å². The van der Waals surface area contributed by atoms with Gasteiger partial charge in [-0.15, -0.1) is 0 Å². The lowest BCUT2D eigenvalue weighted by molar-refractivity contribution is 0.0783. The van der Waals surface area contributed by atoms with Crippen molar-refractivity contribution in [1.82, 2.24) is 4.90 Å². The Kier molecular flexibility index (Phi) is 3.09. The topological polar surface area (TPSA) is 20.3 Å². The van der Waals surface area contributed by atoms with E-state index in [2.05, 4.69) is 13.0 Å². The number of likely N-dealkylation sites (N-methyl/N-ethyl adjacent to an activating group) is 1. The number of hydrogen-bond donors (Lipinski definition) is 0. The number of hydrogen-bond acceptors (Lipinski definition) is 1. The van der Waals surface area contributed by atoms with E-state index in [1.54, 1.807) is 0 Å². The molecular formula is C14H17NO. The number of benzene rings is 1. The molecule has 0 aromatic heterocycles. The van der Waals surface area contributed by atoms with Gasteiger partial charge in [-0.05, 0) is 30.5 Å². The Labute approximate surface area is 96.6 Å². The van der Waals surface area contributed by atoms with Crippen molar-refractivity contribution < 1.29 is 4.79 Å². The minimum absolute atomic E-state index is 0.151. The third-order valence-electron chi connectivity index (χ3n) is 3.11. The summed E-state index contributed by atoms with van der Waals surface area (Å²) in [5.74, 6) is 0.151. The molecule has 0 fully saturated rings. The zero-order chi connectivity index (χ0) is 11.5. The third kappa shape index (κ3) is 1.75. The Morgan fingerprint density at radius 3 is 2.50 bits per heavy atom. The van der Waals surface area contributed by atoms with Gasteiger partial charge in [0.15, 0.2) is 0 Å². The van der Waals surface area contributed by atoms with E-state index >= 15 is 0 Å². The summed E-state index contributed by atoms with van der Waals surface area (Å²) in [7, 11) is 0. The van der Waals surface area contributed by atoms with Gasteiger partial charge in [0.1, 0.15) is 0 Å². The van der Waals surface area contributed by atoms with Crippen LogP contribution in [0.1, 0.15) is 36.2 Å². The zero-order valence-corrected chi connectivity index (χ0v) is 9.86. The summed E-state index contributed by atoms with van der Waals surface area (Å²) < 4.78 is 0. The SMILES string of the molecule is CCC1=CCN(CC)C(=O)c2ccccc21. The number of nitrogens with zero attached hydrogens (tertiary/aromatic N) is 1. The first kappa shape index (κ1) is 10.9. The lowest BCUT2D eigenvalue weighted by Gasteiger charge is -2.17. The van der Waals surface area contributed by atoms with E-state index in [0.29, 0.717) is 0 Å². The van der Waals surface area contributed by atoms with Gasteiger partial charge in [0, 0.05) is 18.7 Å². The molecule has 1 aliphatic heterocycles. The van der Waals surface area contributed by atoms with Crippen LogP contribution >= 0.6 is 0 Å². The van der Waals surface area contributed by atoms with E-state index in [1.165, 1.54) is 5.57 Å². The summed E-state index contributed by atoms with van der Waals surface area (Å²) in [6.45, 7) is 5.65. The monoisotopic (exact) mass is 215 g/mol. The highest BCUT2D eigenvalue weighted by molar-refractivity contribution is 6.00. The summed E-state index contributed by atoms with van der Waals surface area (Å²) in [4.78, 5) is 14.1. The number of rotatable bonds is 2. The highest BCUT2D eigenvalue weighted by atomic mass is 16.2. The molecule has 1 aromatic carbocycles. The molecule has 0 bridgehead atoms. The van der Waals surface area contributed by atoms with E-state index in [-0.39, 0.29) is 5.91 Å². The van der Waals surface area contributed by atoms with Crippen LogP contribution in [0.3, 0.4) is 0 Å². The highest BCUT2D eigenvalue weighted by Gasteiger charge is 2.20. The Hall–Kier alpha value is -1.57. The van der Waals surface area contributed by atoms with Crippen LogP contribution in [0, 0.1) is 0 Å². The molecule has 1 heterocycles. The van der Waals surface area contributed by atoms with Gasteiger partial charge < -0.3 is 4.90 Å². The predicted octanol–water partition coefficient (Wildman–Crippen LogP) is 2.96. The molecule has 84 valence electrons.